The highest BCUT2D eigenvalue weighted by atomic mass is 16.5. The summed E-state index contributed by atoms with van der Waals surface area (Å²) >= 11 is 0. The maximum absolute atomic E-state index is 6.23. The van der Waals surface area contributed by atoms with E-state index in [0.29, 0.717) is 6.61 Å². The first-order chi connectivity index (χ1) is 16.8. The molecular weight excluding hydrogens is 418 g/mol. The van der Waals surface area contributed by atoms with Crippen molar-refractivity contribution >= 4 is 17.1 Å². The molecule has 0 unspecified atom stereocenters. The number of hydrogen-bond acceptors (Lipinski definition) is 4. The van der Waals surface area contributed by atoms with Crippen LogP contribution in [0.2, 0.25) is 0 Å². The van der Waals surface area contributed by atoms with Gasteiger partial charge in [0.1, 0.15) is 12.4 Å². The molecule has 3 heterocycles. The normalized spacial score (nSPS) is 12.3. The lowest BCUT2D eigenvalue weighted by molar-refractivity contribution is 0.310. The van der Waals surface area contributed by atoms with Gasteiger partial charge in [-0.05, 0) is 67.1 Å². The third kappa shape index (κ3) is 3.69. The quantitative estimate of drug-likeness (QED) is 0.291. The lowest BCUT2D eigenvalue weighted by Gasteiger charge is -2.27. The van der Waals surface area contributed by atoms with E-state index in [9.17, 15) is 0 Å². The molecule has 0 amide bonds. The number of aryl methyl sites for hydroxylation is 1. The van der Waals surface area contributed by atoms with E-state index in [1.807, 2.05) is 48.8 Å². The molecular formula is C30H23N3O. The summed E-state index contributed by atoms with van der Waals surface area (Å²) in [6.45, 7) is 2.59. The molecule has 4 nitrogen and oxygen atoms in total. The van der Waals surface area contributed by atoms with Gasteiger partial charge in [0.05, 0.1) is 22.8 Å². The number of ether oxygens (including phenoxy) is 1. The van der Waals surface area contributed by atoms with E-state index in [1.165, 1.54) is 5.56 Å². The zero-order chi connectivity index (χ0) is 22.9. The van der Waals surface area contributed by atoms with Gasteiger partial charge in [-0.2, -0.15) is 0 Å². The Bertz CT molecular complexity index is 1480. The summed E-state index contributed by atoms with van der Waals surface area (Å²) in [5, 5.41) is 0. The van der Waals surface area contributed by atoms with Gasteiger partial charge in [-0.1, -0.05) is 42.5 Å². The molecule has 0 radical (unpaired) electrons. The van der Waals surface area contributed by atoms with Crippen LogP contribution in [0.1, 0.15) is 11.1 Å². The van der Waals surface area contributed by atoms with Crippen molar-refractivity contribution in [1.82, 2.24) is 9.97 Å². The van der Waals surface area contributed by atoms with Crippen LogP contribution in [-0.4, -0.2) is 9.97 Å². The summed E-state index contributed by atoms with van der Waals surface area (Å²) in [6.07, 6.45) is 3.69. The number of benzene rings is 3. The van der Waals surface area contributed by atoms with Crippen molar-refractivity contribution in [3.8, 4) is 28.3 Å². The Morgan fingerprint density at radius 2 is 1.53 bits per heavy atom. The minimum Gasteiger partial charge on any atom is -0.487 e. The van der Waals surface area contributed by atoms with Crippen LogP contribution >= 0.6 is 0 Å². The van der Waals surface area contributed by atoms with Crippen LogP contribution in [0.25, 0.3) is 22.5 Å². The van der Waals surface area contributed by atoms with E-state index in [-0.39, 0.29) is 0 Å². The summed E-state index contributed by atoms with van der Waals surface area (Å²) in [7, 11) is 0. The monoisotopic (exact) mass is 441 g/mol. The summed E-state index contributed by atoms with van der Waals surface area (Å²) in [5.74, 6) is 0.858. The number of rotatable bonds is 3. The molecule has 6 rings (SSSR count). The Morgan fingerprint density at radius 3 is 2.41 bits per heavy atom. The first kappa shape index (κ1) is 20.2. The minimum absolute atomic E-state index is 0.504. The first-order valence-corrected chi connectivity index (χ1v) is 11.4. The minimum atomic E-state index is 0.504. The average molecular weight is 442 g/mol. The Balaban J connectivity index is 1.55. The molecule has 3 aromatic carbocycles. The second kappa shape index (κ2) is 8.49. The lowest BCUT2D eigenvalue weighted by Crippen LogP contribution is -2.11. The molecule has 0 aliphatic carbocycles. The van der Waals surface area contributed by atoms with Gasteiger partial charge in [0, 0.05) is 34.8 Å². The molecule has 1 aliphatic heterocycles. The van der Waals surface area contributed by atoms with Gasteiger partial charge in [-0.25, -0.2) is 0 Å². The van der Waals surface area contributed by atoms with Crippen molar-refractivity contribution < 1.29 is 4.74 Å². The topological polar surface area (TPSA) is 38.2 Å². The average Bonchev–Trinajstić information content (AvgIpc) is 3.06. The molecule has 0 spiro atoms. The van der Waals surface area contributed by atoms with Crippen LogP contribution in [-0.2, 0) is 6.61 Å². The smallest absolute Gasteiger partial charge is 0.143 e. The fraction of sp³-hybridized carbons (Fsp3) is 0.0667. The van der Waals surface area contributed by atoms with Gasteiger partial charge < -0.3 is 9.64 Å². The van der Waals surface area contributed by atoms with Crippen LogP contribution in [0.4, 0.5) is 17.1 Å². The fourth-order valence-corrected chi connectivity index (χ4v) is 4.41. The van der Waals surface area contributed by atoms with Gasteiger partial charge in [-0.15, -0.1) is 0 Å². The van der Waals surface area contributed by atoms with Crippen molar-refractivity contribution in [3.05, 3.63) is 121 Å². The van der Waals surface area contributed by atoms with Gasteiger partial charge >= 0.3 is 0 Å². The van der Waals surface area contributed by atoms with Crippen molar-refractivity contribution in [1.29, 1.82) is 0 Å². The molecule has 0 N–H and O–H groups in total. The van der Waals surface area contributed by atoms with Crippen molar-refractivity contribution in [2.45, 2.75) is 13.5 Å². The first-order valence-electron chi connectivity index (χ1n) is 11.4. The van der Waals surface area contributed by atoms with Crippen molar-refractivity contribution in [3.63, 3.8) is 0 Å². The molecule has 4 heteroatoms. The second-order valence-corrected chi connectivity index (χ2v) is 8.42. The van der Waals surface area contributed by atoms with Crippen molar-refractivity contribution in [2.24, 2.45) is 0 Å². The summed E-state index contributed by atoms with van der Waals surface area (Å²) < 4.78 is 6.23. The zero-order valence-electron chi connectivity index (χ0n) is 18.8. The zero-order valence-corrected chi connectivity index (χ0v) is 18.8. The molecule has 1 aliphatic rings. The molecule has 5 aromatic rings. The van der Waals surface area contributed by atoms with E-state index >= 15 is 0 Å². The van der Waals surface area contributed by atoms with Gasteiger partial charge in [0.15, 0.2) is 0 Å². The summed E-state index contributed by atoms with van der Waals surface area (Å²) in [4.78, 5) is 11.5. The molecule has 0 atom stereocenters. The van der Waals surface area contributed by atoms with E-state index < -0.39 is 0 Å². The molecule has 2 aromatic heterocycles. The predicted octanol–water partition coefficient (Wildman–Crippen LogP) is 7.48. The van der Waals surface area contributed by atoms with Gasteiger partial charge in [0.2, 0.25) is 0 Å². The van der Waals surface area contributed by atoms with Crippen LogP contribution < -0.4 is 9.64 Å². The Kier molecular flexibility index (Phi) is 5.04. The van der Waals surface area contributed by atoms with Crippen LogP contribution in [0.5, 0.6) is 5.75 Å². The van der Waals surface area contributed by atoms with Gasteiger partial charge in [0.25, 0.3) is 0 Å². The summed E-state index contributed by atoms with van der Waals surface area (Å²) in [5.41, 5.74) is 9.51. The van der Waals surface area contributed by atoms with E-state index in [4.69, 9.17) is 4.74 Å². The molecule has 164 valence electrons. The number of fused-ring (bicyclic) bond motifs is 2. The van der Waals surface area contributed by atoms with E-state index in [1.54, 1.807) is 0 Å². The second-order valence-electron chi connectivity index (χ2n) is 8.42. The highest BCUT2D eigenvalue weighted by molar-refractivity contribution is 5.86. The number of nitrogens with zero attached hydrogens (tertiary/aromatic N) is 3. The summed E-state index contributed by atoms with van der Waals surface area (Å²) in [6, 6.07) is 33.3. The molecule has 0 fully saturated rings. The number of anilines is 3. The third-order valence-electron chi connectivity index (χ3n) is 6.09. The highest BCUT2D eigenvalue weighted by Crippen LogP contribution is 2.45. The lowest BCUT2D eigenvalue weighted by atomic mass is 10.0. The highest BCUT2D eigenvalue weighted by Gasteiger charge is 2.24. The number of para-hydroxylation sites is 2. The molecule has 0 saturated carbocycles. The Hall–Kier alpha value is -4.44. The van der Waals surface area contributed by atoms with Crippen LogP contribution in [0, 0.1) is 6.92 Å². The maximum atomic E-state index is 6.23. The standard InChI is InChI=1S/C30H23N3O/c1-21-14-16-32-27(17-21)22-7-6-8-25(18-22)33-28-10-2-3-11-30(28)34-20-24-13-12-23(19-29(24)33)26-9-4-5-15-31-26/h2-19H,20H2,1H3. The molecule has 34 heavy (non-hydrogen) atoms. The molecule has 0 saturated heterocycles. The maximum Gasteiger partial charge on any atom is 0.143 e. The Morgan fingerprint density at radius 1 is 0.676 bits per heavy atom. The van der Waals surface area contributed by atoms with E-state index in [0.717, 1.165) is 50.9 Å². The molecule has 0 bridgehead atoms. The van der Waals surface area contributed by atoms with Crippen LogP contribution in [0.15, 0.2) is 109 Å². The number of pyridine rings is 2. The third-order valence-corrected chi connectivity index (χ3v) is 6.09. The largest absolute Gasteiger partial charge is 0.487 e. The van der Waals surface area contributed by atoms with E-state index in [2.05, 4.69) is 82.5 Å². The predicted molar refractivity (Wildman–Crippen MR) is 137 cm³/mol. The Labute approximate surface area is 199 Å². The SMILES string of the molecule is Cc1ccnc(-c2cccc(N3c4cc(-c5ccccn5)ccc4COc4ccccc43)c2)c1. The number of aromatic nitrogens is 2. The number of hydrogen-bond donors (Lipinski definition) is 0. The van der Waals surface area contributed by atoms with Crippen LogP contribution in [0.3, 0.4) is 0 Å². The fourth-order valence-electron chi connectivity index (χ4n) is 4.41. The van der Waals surface area contributed by atoms with Crippen molar-refractivity contribution in [2.75, 3.05) is 4.90 Å². The van der Waals surface area contributed by atoms with Gasteiger partial charge in [-0.3, -0.25) is 9.97 Å².